The van der Waals surface area contributed by atoms with Crippen molar-refractivity contribution in [1.82, 2.24) is 4.98 Å². The van der Waals surface area contributed by atoms with Crippen molar-refractivity contribution in [3.05, 3.63) is 93.6 Å². The van der Waals surface area contributed by atoms with Crippen LogP contribution in [0, 0.1) is 18.3 Å². The summed E-state index contributed by atoms with van der Waals surface area (Å²) in [6, 6.07) is 23.0. The van der Waals surface area contributed by atoms with E-state index in [1.165, 1.54) is 0 Å². The summed E-state index contributed by atoms with van der Waals surface area (Å²) < 4.78 is 12.0. The minimum Gasteiger partial charge on any atom is -0.490 e. The van der Waals surface area contributed by atoms with E-state index in [-0.39, 0.29) is 12.4 Å². The molecule has 3 aromatic carbocycles. The molecule has 0 amide bonds. The van der Waals surface area contributed by atoms with E-state index < -0.39 is 0 Å². The fourth-order valence-electron chi connectivity index (χ4n) is 3.93. The Hall–Kier alpha value is -3.72. The average molecular weight is 504 g/mol. The Balaban J connectivity index is 1.80. The van der Waals surface area contributed by atoms with E-state index in [0.717, 1.165) is 27.9 Å². The monoisotopic (exact) mass is 503 g/mol. The second-order valence-corrected chi connectivity index (χ2v) is 8.63. The molecule has 1 heterocycles. The molecule has 0 atom stereocenters. The molecule has 4 aromatic rings. The third kappa shape index (κ3) is 5.19. The molecular formula is C28H23Cl2N3O2. The minimum atomic E-state index is 0.192. The van der Waals surface area contributed by atoms with Crippen LogP contribution in [0.5, 0.6) is 11.5 Å². The number of nitrogen functional groups attached to an aromatic ring is 1. The van der Waals surface area contributed by atoms with Crippen LogP contribution in [0.3, 0.4) is 0 Å². The van der Waals surface area contributed by atoms with Gasteiger partial charge >= 0.3 is 0 Å². The van der Waals surface area contributed by atoms with Gasteiger partial charge in [-0.2, -0.15) is 5.26 Å². The van der Waals surface area contributed by atoms with Gasteiger partial charge in [0.2, 0.25) is 0 Å². The highest BCUT2D eigenvalue weighted by atomic mass is 35.5. The quantitative estimate of drug-likeness (QED) is 0.283. The fourth-order valence-corrected chi connectivity index (χ4v) is 4.25. The summed E-state index contributed by atoms with van der Waals surface area (Å²) in [5.74, 6) is 1.32. The third-order valence-electron chi connectivity index (χ3n) is 5.49. The molecule has 0 spiro atoms. The number of hydrogen-bond donors (Lipinski definition) is 1. The fraction of sp³-hybridized carbons (Fsp3) is 0.143. The summed E-state index contributed by atoms with van der Waals surface area (Å²) >= 11 is 12.1. The first-order chi connectivity index (χ1) is 16.9. The first-order valence-corrected chi connectivity index (χ1v) is 11.8. The zero-order valence-electron chi connectivity index (χ0n) is 19.3. The van der Waals surface area contributed by atoms with Gasteiger partial charge in [0.05, 0.1) is 16.7 Å². The number of ether oxygens (including phenoxy) is 2. The highest BCUT2D eigenvalue weighted by Gasteiger charge is 2.21. The standard InChI is InChI=1S/C28H23Cl2N3O2/c1-3-34-25-14-20(10-12-24(25)35-16-18-9-11-22(29)23(30)13-18)27-21(15-31)28(32)33-17(2)26(27)19-7-5-4-6-8-19/h4-14H,3,16H2,1-2H3,(H2,32,33). The Morgan fingerprint density at radius 2 is 1.66 bits per heavy atom. The molecule has 0 fully saturated rings. The van der Waals surface area contributed by atoms with E-state index in [1.807, 2.05) is 68.4 Å². The lowest BCUT2D eigenvalue weighted by Gasteiger charge is -2.18. The molecule has 0 aliphatic carbocycles. The van der Waals surface area contributed by atoms with Crippen molar-refractivity contribution in [1.29, 1.82) is 5.26 Å². The van der Waals surface area contributed by atoms with Crippen molar-refractivity contribution in [2.45, 2.75) is 20.5 Å². The zero-order chi connectivity index (χ0) is 24.9. The molecule has 4 rings (SSSR count). The van der Waals surface area contributed by atoms with Gasteiger partial charge in [-0.25, -0.2) is 4.98 Å². The summed E-state index contributed by atoms with van der Waals surface area (Å²) in [4.78, 5) is 4.44. The third-order valence-corrected chi connectivity index (χ3v) is 6.23. The Bertz CT molecular complexity index is 1420. The number of pyridine rings is 1. The predicted molar refractivity (Wildman–Crippen MR) is 141 cm³/mol. The number of anilines is 1. The van der Waals surface area contributed by atoms with Crippen molar-refractivity contribution in [3.63, 3.8) is 0 Å². The first kappa shape index (κ1) is 24.4. The summed E-state index contributed by atoms with van der Waals surface area (Å²) in [5, 5.41) is 10.9. The number of halogens is 2. The maximum Gasteiger partial charge on any atom is 0.161 e. The molecular weight excluding hydrogens is 481 g/mol. The summed E-state index contributed by atoms with van der Waals surface area (Å²) in [6.07, 6.45) is 0. The number of aryl methyl sites for hydroxylation is 1. The van der Waals surface area contributed by atoms with Gasteiger partial charge in [-0.3, -0.25) is 0 Å². The number of benzene rings is 3. The molecule has 0 saturated carbocycles. The number of hydrogen-bond acceptors (Lipinski definition) is 5. The van der Waals surface area contributed by atoms with Gasteiger partial charge in [0.1, 0.15) is 24.1 Å². The molecule has 2 N–H and O–H groups in total. The highest BCUT2D eigenvalue weighted by molar-refractivity contribution is 6.42. The van der Waals surface area contributed by atoms with Crippen LogP contribution in [0.25, 0.3) is 22.3 Å². The van der Waals surface area contributed by atoms with Crippen LogP contribution >= 0.6 is 23.2 Å². The van der Waals surface area contributed by atoms with Crippen LogP contribution in [0.2, 0.25) is 10.0 Å². The number of nitrogens with two attached hydrogens (primary N) is 1. The topological polar surface area (TPSA) is 81.2 Å². The molecule has 0 unspecified atom stereocenters. The van der Waals surface area contributed by atoms with Crippen LogP contribution in [0.15, 0.2) is 66.7 Å². The molecule has 0 saturated heterocycles. The van der Waals surface area contributed by atoms with Crippen LogP contribution in [0.1, 0.15) is 23.7 Å². The van der Waals surface area contributed by atoms with Gasteiger partial charge in [-0.1, -0.05) is 65.7 Å². The summed E-state index contributed by atoms with van der Waals surface area (Å²) in [7, 11) is 0. The Morgan fingerprint density at radius 1 is 0.886 bits per heavy atom. The highest BCUT2D eigenvalue weighted by Crippen LogP contribution is 2.42. The van der Waals surface area contributed by atoms with Gasteiger partial charge in [-0.05, 0) is 54.8 Å². The Kier molecular flexibility index (Phi) is 7.45. The molecule has 1 aromatic heterocycles. The summed E-state index contributed by atoms with van der Waals surface area (Å²) in [5.41, 5.74) is 11.4. The average Bonchev–Trinajstić information content (AvgIpc) is 2.85. The van der Waals surface area contributed by atoms with Crippen LogP contribution in [-0.2, 0) is 6.61 Å². The van der Waals surface area contributed by atoms with Crippen LogP contribution in [0.4, 0.5) is 5.82 Å². The van der Waals surface area contributed by atoms with Gasteiger partial charge in [0.15, 0.2) is 11.5 Å². The number of nitrogens with zero attached hydrogens (tertiary/aromatic N) is 2. The molecule has 5 nitrogen and oxygen atoms in total. The molecule has 0 bridgehead atoms. The molecule has 7 heteroatoms. The second kappa shape index (κ2) is 10.7. The zero-order valence-corrected chi connectivity index (χ0v) is 20.8. The number of aromatic nitrogens is 1. The van der Waals surface area contributed by atoms with Gasteiger partial charge in [0.25, 0.3) is 0 Å². The van der Waals surface area contributed by atoms with Crippen molar-refractivity contribution < 1.29 is 9.47 Å². The molecule has 176 valence electrons. The van der Waals surface area contributed by atoms with E-state index in [9.17, 15) is 5.26 Å². The van der Waals surface area contributed by atoms with Gasteiger partial charge in [0, 0.05) is 16.8 Å². The Labute approximate surface area is 214 Å². The van der Waals surface area contributed by atoms with Crippen molar-refractivity contribution >= 4 is 29.0 Å². The van der Waals surface area contributed by atoms with Crippen molar-refractivity contribution in [3.8, 4) is 39.8 Å². The number of rotatable bonds is 7. The van der Waals surface area contributed by atoms with E-state index in [0.29, 0.717) is 39.3 Å². The molecule has 0 aliphatic heterocycles. The normalized spacial score (nSPS) is 10.6. The van der Waals surface area contributed by atoms with E-state index in [4.69, 9.17) is 38.4 Å². The van der Waals surface area contributed by atoms with Gasteiger partial charge in [-0.15, -0.1) is 0 Å². The Morgan fingerprint density at radius 3 is 2.34 bits per heavy atom. The molecule has 35 heavy (non-hydrogen) atoms. The van der Waals surface area contributed by atoms with E-state index >= 15 is 0 Å². The van der Waals surface area contributed by atoms with Crippen molar-refractivity contribution in [2.75, 3.05) is 12.3 Å². The SMILES string of the molecule is CCOc1cc(-c2c(C#N)c(N)nc(C)c2-c2ccccc2)ccc1OCc1ccc(Cl)c(Cl)c1. The second-order valence-electron chi connectivity index (χ2n) is 7.82. The maximum atomic E-state index is 9.96. The molecule has 0 radical (unpaired) electrons. The van der Waals surface area contributed by atoms with E-state index in [2.05, 4.69) is 11.1 Å². The van der Waals surface area contributed by atoms with E-state index in [1.54, 1.807) is 12.1 Å². The lowest BCUT2D eigenvalue weighted by Crippen LogP contribution is -2.04. The van der Waals surface area contributed by atoms with Gasteiger partial charge < -0.3 is 15.2 Å². The maximum absolute atomic E-state index is 9.96. The summed E-state index contributed by atoms with van der Waals surface area (Å²) in [6.45, 7) is 4.53. The van der Waals surface area contributed by atoms with Crippen LogP contribution in [-0.4, -0.2) is 11.6 Å². The number of nitriles is 1. The smallest absolute Gasteiger partial charge is 0.161 e. The first-order valence-electron chi connectivity index (χ1n) is 11.0. The lowest BCUT2D eigenvalue weighted by atomic mass is 9.90. The largest absolute Gasteiger partial charge is 0.490 e. The van der Waals surface area contributed by atoms with Crippen LogP contribution < -0.4 is 15.2 Å². The predicted octanol–water partition coefficient (Wildman–Crippen LogP) is 7.46. The minimum absolute atomic E-state index is 0.192. The molecule has 0 aliphatic rings. The lowest BCUT2D eigenvalue weighted by molar-refractivity contribution is 0.269. The van der Waals surface area contributed by atoms with Crippen molar-refractivity contribution in [2.24, 2.45) is 0 Å².